The number of amides is 1. The number of likely N-dealkylation sites (N-methyl/N-ethyl adjacent to an activating group) is 1. The standard InChI is InChI=1S/C19H23N9O/c1-27(2)7-8-28-16(5-6-23-28)26-19(29)17-18(24-14-9-20-12-21-10-14)22-11-15(25-17)13-3-4-13/h5-6,9-13H,3-4,7-8H2,1-2H3,(H,22,24)(H,26,29). The summed E-state index contributed by atoms with van der Waals surface area (Å²) in [5, 5.41) is 10.3. The van der Waals surface area contributed by atoms with Crippen molar-refractivity contribution in [2.75, 3.05) is 31.3 Å². The van der Waals surface area contributed by atoms with Crippen molar-refractivity contribution in [3.63, 3.8) is 0 Å². The van der Waals surface area contributed by atoms with Crippen LogP contribution in [0.2, 0.25) is 0 Å². The molecule has 3 heterocycles. The number of nitrogens with zero attached hydrogens (tertiary/aromatic N) is 7. The summed E-state index contributed by atoms with van der Waals surface area (Å²) in [5.41, 5.74) is 1.70. The summed E-state index contributed by atoms with van der Waals surface area (Å²) < 4.78 is 1.76. The Morgan fingerprint density at radius 3 is 2.76 bits per heavy atom. The molecule has 1 saturated carbocycles. The third kappa shape index (κ3) is 4.72. The van der Waals surface area contributed by atoms with E-state index in [9.17, 15) is 4.79 Å². The molecule has 3 aromatic rings. The molecule has 4 rings (SSSR count). The van der Waals surface area contributed by atoms with Gasteiger partial charge in [0.2, 0.25) is 0 Å². The molecule has 0 bridgehead atoms. The Morgan fingerprint density at radius 2 is 2.03 bits per heavy atom. The highest BCUT2D eigenvalue weighted by molar-refractivity contribution is 6.06. The first-order valence-electron chi connectivity index (χ1n) is 9.47. The summed E-state index contributed by atoms with van der Waals surface area (Å²) in [6, 6.07) is 1.77. The molecule has 1 fully saturated rings. The smallest absolute Gasteiger partial charge is 0.279 e. The van der Waals surface area contributed by atoms with Crippen LogP contribution >= 0.6 is 0 Å². The summed E-state index contributed by atoms with van der Waals surface area (Å²) in [4.78, 5) is 32.1. The summed E-state index contributed by atoms with van der Waals surface area (Å²) >= 11 is 0. The number of hydrogen-bond acceptors (Lipinski definition) is 8. The lowest BCUT2D eigenvalue weighted by molar-refractivity contribution is 0.102. The molecular weight excluding hydrogens is 370 g/mol. The highest BCUT2D eigenvalue weighted by Crippen LogP contribution is 2.39. The van der Waals surface area contributed by atoms with E-state index in [1.165, 1.54) is 6.33 Å². The molecule has 0 aliphatic heterocycles. The van der Waals surface area contributed by atoms with E-state index in [2.05, 4.69) is 40.6 Å². The van der Waals surface area contributed by atoms with Crippen molar-refractivity contribution < 1.29 is 4.79 Å². The predicted molar refractivity (Wildman–Crippen MR) is 108 cm³/mol. The van der Waals surface area contributed by atoms with Crippen molar-refractivity contribution in [3.05, 3.63) is 48.6 Å². The molecule has 1 amide bonds. The first-order chi connectivity index (χ1) is 14.1. The van der Waals surface area contributed by atoms with Crippen LogP contribution in [0.15, 0.2) is 37.2 Å². The van der Waals surface area contributed by atoms with Crippen molar-refractivity contribution in [1.82, 2.24) is 34.6 Å². The van der Waals surface area contributed by atoms with E-state index < -0.39 is 0 Å². The van der Waals surface area contributed by atoms with Crippen LogP contribution in [-0.4, -0.2) is 61.2 Å². The third-order valence-corrected chi connectivity index (χ3v) is 4.54. The first-order valence-corrected chi connectivity index (χ1v) is 9.47. The molecule has 1 aliphatic rings. The number of rotatable bonds is 8. The number of carbonyl (C=O) groups excluding carboxylic acids is 1. The Kier molecular flexibility index (Phi) is 5.43. The predicted octanol–water partition coefficient (Wildman–Crippen LogP) is 1.90. The van der Waals surface area contributed by atoms with Gasteiger partial charge in [-0.05, 0) is 26.9 Å². The van der Waals surface area contributed by atoms with Gasteiger partial charge in [-0.1, -0.05) is 0 Å². The molecule has 29 heavy (non-hydrogen) atoms. The molecule has 0 aromatic carbocycles. The highest BCUT2D eigenvalue weighted by atomic mass is 16.2. The van der Waals surface area contributed by atoms with Crippen LogP contribution < -0.4 is 10.6 Å². The Balaban J connectivity index is 1.58. The second-order valence-electron chi connectivity index (χ2n) is 7.22. The zero-order valence-corrected chi connectivity index (χ0v) is 16.4. The average Bonchev–Trinajstić information content (AvgIpc) is 3.48. The molecule has 1 aliphatic carbocycles. The fourth-order valence-corrected chi connectivity index (χ4v) is 2.82. The van der Waals surface area contributed by atoms with Gasteiger partial charge in [0.25, 0.3) is 5.91 Å². The molecule has 0 saturated heterocycles. The van der Waals surface area contributed by atoms with Crippen molar-refractivity contribution in [3.8, 4) is 0 Å². The number of carbonyl (C=O) groups is 1. The summed E-state index contributed by atoms with van der Waals surface area (Å²) in [6.07, 6.45) is 10.2. The monoisotopic (exact) mass is 393 g/mol. The van der Waals surface area contributed by atoms with E-state index in [1.54, 1.807) is 35.5 Å². The topological polar surface area (TPSA) is 114 Å². The normalized spacial score (nSPS) is 13.5. The Bertz CT molecular complexity index is 982. The van der Waals surface area contributed by atoms with Gasteiger partial charge in [-0.2, -0.15) is 5.10 Å². The first kappa shape index (κ1) is 18.9. The van der Waals surface area contributed by atoms with Crippen molar-refractivity contribution in [1.29, 1.82) is 0 Å². The molecular formula is C19H23N9O. The van der Waals surface area contributed by atoms with Gasteiger partial charge in [-0.15, -0.1) is 0 Å². The van der Waals surface area contributed by atoms with Crippen LogP contribution in [0.1, 0.15) is 34.9 Å². The van der Waals surface area contributed by atoms with E-state index >= 15 is 0 Å². The fourth-order valence-electron chi connectivity index (χ4n) is 2.82. The number of aromatic nitrogens is 6. The molecule has 3 aromatic heterocycles. The van der Waals surface area contributed by atoms with Gasteiger partial charge in [0.15, 0.2) is 11.5 Å². The number of hydrogen-bond donors (Lipinski definition) is 2. The van der Waals surface area contributed by atoms with Crippen LogP contribution in [0.3, 0.4) is 0 Å². The van der Waals surface area contributed by atoms with Crippen LogP contribution in [-0.2, 0) is 6.54 Å². The lowest BCUT2D eigenvalue weighted by Gasteiger charge is -2.14. The van der Waals surface area contributed by atoms with Crippen molar-refractivity contribution in [2.45, 2.75) is 25.3 Å². The second-order valence-corrected chi connectivity index (χ2v) is 7.22. The molecule has 0 atom stereocenters. The van der Waals surface area contributed by atoms with Crippen molar-refractivity contribution in [2.24, 2.45) is 0 Å². The molecule has 10 nitrogen and oxygen atoms in total. The van der Waals surface area contributed by atoms with E-state index in [0.29, 0.717) is 29.8 Å². The summed E-state index contributed by atoms with van der Waals surface area (Å²) in [7, 11) is 3.98. The minimum atomic E-state index is -0.342. The zero-order valence-electron chi connectivity index (χ0n) is 16.4. The molecule has 2 N–H and O–H groups in total. The Labute approximate surface area is 168 Å². The van der Waals surface area contributed by atoms with Crippen LogP contribution in [0.5, 0.6) is 0 Å². The average molecular weight is 393 g/mol. The Morgan fingerprint density at radius 1 is 1.24 bits per heavy atom. The van der Waals surface area contributed by atoms with Gasteiger partial charge in [-0.25, -0.2) is 24.6 Å². The van der Waals surface area contributed by atoms with E-state index in [4.69, 9.17) is 0 Å². The largest absolute Gasteiger partial charge is 0.336 e. The third-order valence-electron chi connectivity index (χ3n) is 4.54. The van der Waals surface area contributed by atoms with E-state index in [0.717, 1.165) is 25.1 Å². The van der Waals surface area contributed by atoms with E-state index in [-0.39, 0.29) is 11.6 Å². The van der Waals surface area contributed by atoms with Gasteiger partial charge in [0, 0.05) is 18.5 Å². The quantitative estimate of drug-likeness (QED) is 0.596. The molecule has 10 heteroatoms. The lowest BCUT2D eigenvalue weighted by atomic mass is 10.2. The lowest BCUT2D eigenvalue weighted by Crippen LogP contribution is -2.23. The number of anilines is 3. The zero-order chi connectivity index (χ0) is 20.2. The van der Waals surface area contributed by atoms with Crippen LogP contribution in [0.4, 0.5) is 17.3 Å². The van der Waals surface area contributed by atoms with Crippen molar-refractivity contribution >= 4 is 23.2 Å². The van der Waals surface area contributed by atoms with Gasteiger partial charge >= 0.3 is 0 Å². The molecule has 0 unspecified atom stereocenters. The second kappa shape index (κ2) is 8.31. The van der Waals surface area contributed by atoms with Gasteiger partial charge in [0.05, 0.1) is 42.7 Å². The molecule has 150 valence electrons. The van der Waals surface area contributed by atoms with Gasteiger partial charge in [0.1, 0.15) is 12.1 Å². The number of nitrogens with one attached hydrogen (secondary N) is 2. The van der Waals surface area contributed by atoms with Gasteiger partial charge < -0.3 is 15.5 Å². The maximum absolute atomic E-state index is 13.1. The molecule has 0 radical (unpaired) electrons. The minimum Gasteiger partial charge on any atom is -0.336 e. The Hall–Kier alpha value is -3.40. The summed E-state index contributed by atoms with van der Waals surface area (Å²) in [5.74, 6) is 1.02. The maximum atomic E-state index is 13.1. The maximum Gasteiger partial charge on any atom is 0.279 e. The summed E-state index contributed by atoms with van der Waals surface area (Å²) in [6.45, 7) is 1.47. The highest BCUT2D eigenvalue weighted by Gasteiger charge is 2.28. The van der Waals surface area contributed by atoms with E-state index in [1.807, 2.05) is 14.1 Å². The van der Waals surface area contributed by atoms with Crippen LogP contribution in [0.25, 0.3) is 0 Å². The SMILES string of the molecule is CN(C)CCn1nccc1NC(=O)c1nc(C2CC2)cnc1Nc1cncnc1. The molecule has 0 spiro atoms. The van der Waals surface area contributed by atoms with Gasteiger partial charge in [-0.3, -0.25) is 4.79 Å². The van der Waals surface area contributed by atoms with Crippen LogP contribution in [0, 0.1) is 0 Å². The minimum absolute atomic E-state index is 0.235. The fraction of sp³-hybridized carbons (Fsp3) is 0.368.